The van der Waals surface area contributed by atoms with Crippen LogP contribution in [0.4, 0.5) is 4.39 Å². The number of hydrogen-bond acceptors (Lipinski definition) is 3. The SMILES string of the molecule is Fc1ccc2cc(CNC3CCCC3)c(-c3ccsc3)nc2c1. The predicted molar refractivity (Wildman–Crippen MR) is 94.1 cm³/mol. The molecule has 0 unspecified atom stereocenters. The molecule has 3 aromatic rings. The second kappa shape index (κ2) is 6.38. The first kappa shape index (κ1) is 14.8. The van der Waals surface area contributed by atoms with Crippen LogP contribution in [0, 0.1) is 5.82 Å². The van der Waals surface area contributed by atoms with E-state index in [0.717, 1.165) is 28.7 Å². The first-order valence-electron chi connectivity index (χ1n) is 8.15. The maximum Gasteiger partial charge on any atom is 0.125 e. The summed E-state index contributed by atoms with van der Waals surface area (Å²) < 4.78 is 13.5. The number of aromatic nitrogens is 1. The Bertz CT molecular complexity index is 808. The van der Waals surface area contributed by atoms with Gasteiger partial charge in [-0.2, -0.15) is 11.3 Å². The molecule has 23 heavy (non-hydrogen) atoms. The largest absolute Gasteiger partial charge is 0.310 e. The lowest BCUT2D eigenvalue weighted by molar-refractivity contribution is 0.524. The van der Waals surface area contributed by atoms with E-state index in [1.165, 1.54) is 43.4 Å². The van der Waals surface area contributed by atoms with Gasteiger partial charge in [-0.15, -0.1) is 0 Å². The van der Waals surface area contributed by atoms with Gasteiger partial charge in [-0.25, -0.2) is 9.37 Å². The number of nitrogens with one attached hydrogen (secondary N) is 1. The molecule has 0 radical (unpaired) electrons. The Morgan fingerprint density at radius 3 is 2.83 bits per heavy atom. The molecule has 0 aliphatic heterocycles. The molecule has 0 bridgehead atoms. The molecule has 1 N–H and O–H groups in total. The van der Waals surface area contributed by atoms with Gasteiger partial charge in [0.2, 0.25) is 0 Å². The molecule has 1 aliphatic carbocycles. The van der Waals surface area contributed by atoms with Gasteiger partial charge in [0, 0.05) is 35.0 Å². The smallest absolute Gasteiger partial charge is 0.125 e. The summed E-state index contributed by atoms with van der Waals surface area (Å²) in [5.74, 6) is -0.238. The van der Waals surface area contributed by atoms with E-state index < -0.39 is 0 Å². The van der Waals surface area contributed by atoms with Crippen LogP contribution in [-0.4, -0.2) is 11.0 Å². The van der Waals surface area contributed by atoms with Crippen molar-refractivity contribution >= 4 is 22.2 Å². The van der Waals surface area contributed by atoms with Crippen LogP contribution >= 0.6 is 11.3 Å². The lowest BCUT2D eigenvalue weighted by Gasteiger charge is -2.15. The van der Waals surface area contributed by atoms with Crippen molar-refractivity contribution in [1.29, 1.82) is 0 Å². The normalized spacial score (nSPS) is 15.5. The van der Waals surface area contributed by atoms with Crippen LogP contribution in [0.3, 0.4) is 0 Å². The monoisotopic (exact) mass is 326 g/mol. The molecule has 0 spiro atoms. The van der Waals surface area contributed by atoms with Gasteiger partial charge >= 0.3 is 0 Å². The number of rotatable bonds is 4. The van der Waals surface area contributed by atoms with Gasteiger partial charge in [0.1, 0.15) is 5.82 Å². The van der Waals surface area contributed by atoms with Crippen LogP contribution in [0.5, 0.6) is 0 Å². The van der Waals surface area contributed by atoms with E-state index in [-0.39, 0.29) is 5.82 Å². The quantitative estimate of drug-likeness (QED) is 0.718. The maximum absolute atomic E-state index is 13.5. The highest BCUT2D eigenvalue weighted by molar-refractivity contribution is 7.08. The standard InChI is InChI=1S/C19H19FN2S/c20-16-6-5-13-9-15(11-21-17-3-1-2-4-17)19(22-18(13)10-16)14-7-8-23-12-14/h5-10,12,17,21H,1-4,11H2. The lowest BCUT2D eigenvalue weighted by atomic mass is 10.0. The highest BCUT2D eigenvalue weighted by Gasteiger charge is 2.16. The van der Waals surface area contributed by atoms with E-state index in [4.69, 9.17) is 4.98 Å². The van der Waals surface area contributed by atoms with Crippen LogP contribution in [0.25, 0.3) is 22.2 Å². The van der Waals surface area contributed by atoms with Gasteiger partial charge in [0.15, 0.2) is 0 Å². The highest BCUT2D eigenvalue weighted by atomic mass is 32.1. The summed E-state index contributed by atoms with van der Waals surface area (Å²) in [6, 6.07) is 9.68. The molecule has 1 aliphatic rings. The molecule has 0 amide bonds. The summed E-state index contributed by atoms with van der Waals surface area (Å²) in [6.45, 7) is 0.816. The fourth-order valence-electron chi connectivity index (χ4n) is 3.35. The molecule has 4 rings (SSSR count). The Balaban J connectivity index is 1.73. The van der Waals surface area contributed by atoms with Crippen LogP contribution in [0.1, 0.15) is 31.2 Å². The Kier molecular flexibility index (Phi) is 4.10. The molecule has 0 saturated heterocycles. The molecule has 1 saturated carbocycles. The fourth-order valence-corrected chi connectivity index (χ4v) is 3.99. The molecule has 1 fully saturated rings. The minimum absolute atomic E-state index is 0.238. The molecule has 2 heterocycles. The first-order valence-corrected chi connectivity index (χ1v) is 9.09. The molecule has 2 aromatic heterocycles. The Morgan fingerprint density at radius 1 is 1.17 bits per heavy atom. The number of fused-ring (bicyclic) bond motifs is 1. The molecule has 0 atom stereocenters. The van der Waals surface area contributed by atoms with E-state index in [1.54, 1.807) is 11.3 Å². The first-order chi connectivity index (χ1) is 11.3. The Labute approximate surface area is 139 Å². The summed E-state index contributed by atoms with van der Waals surface area (Å²) in [4.78, 5) is 4.75. The number of halogens is 1. The highest BCUT2D eigenvalue weighted by Crippen LogP contribution is 2.28. The number of pyridine rings is 1. The average molecular weight is 326 g/mol. The van der Waals surface area contributed by atoms with Crippen LogP contribution in [0.15, 0.2) is 41.1 Å². The summed E-state index contributed by atoms with van der Waals surface area (Å²) in [7, 11) is 0. The Hall–Kier alpha value is -1.78. The maximum atomic E-state index is 13.5. The van der Waals surface area contributed by atoms with Crippen molar-refractivity contribution in [2.75, 3.05) is 0 Å². The second-order valence-corrected chi connectivity index (χ2v) is 6.99. The number of nitrogens with zero attached hydrogens (tertiary/aromatic N) is 1. The van der Waals surface area contributed by atoms with Crippen LogP contribution in [0.2, 0.25) is 0 Å². The number of thiophene rings is 1. The molecular formula is C19H19FN2S. The lowest BCUT2D eigenvalue weighted by Crippen LogP contribution is -2.25. The van der Waals surface area contributed by atoms with E-state index >= 15 is 0 Å². The number of hydrogen-bond donors (Lipinski definition) is 1. The Morgan fingerprint density at radius 2 is 2.04 bits per heavy atom. The van der Waals surface area contributed by atoms with Gasteiger partial charge in [-0.05, 0) is 48.1 Å². The van der Waals surface area contributed by atoms with E-state index in [1.807, 2.05) is 6.07 Å². The van der Waals surface area contributed by atoms with Crippen molar-refractivity contribution in [3.05, 3.63) is 52.5 Å². The fraction of sp³-hybridized carbons (Fsp3) is 0.316. The van der Waals surface area contributed by atoms with Crippen molar-refractivity contribution in [3.8, 4) is 11.3 Å². The van der Waals surface area contributed by atoms with Crippen molar-refractivity contribution < 1.29 is 4.39 Å². The molecule has 1 aromatic carbocycles. The minimum Gasteiger partial charge on any atom is -0.310 e. The summed E-state index contributed by atoms with van der Waals surface area (Å²) in [6.07, 6.45) is 5.18. The van der Waals surface area contributed by atoms with E-state index in [0.29, 0.717) is 6.04 Å². The zero-order valence-corrected chi connectivity index (χ0v) is 13.7. The minimum atomic E-state index is -0.238. The zero-order valence-electron chi connectivity index (χ0n) is 12.9. The van der Waals surface area contributed by atoms with Gasteiger partial charge in [-0.1, -0.05) is 12.8 Å². The van der Waals surface area contributed by atoms with Gasteiger partial charge in [0.25, 0.3) is 0 Å². The zero-order chi connectivity index (χ0) is 15.6. The average Bonchev–Trinajstić information content (AvgIpc) is 3.25. The van der Waals surface area contributed by atoms with Crippen molar-refractivity contribution in [2.45, 2.75) is 38.3 Å². The summed E-state index contributed by atoms with van der Waals surface area (Å²) >= 11 is 1.66. The topological polar surface area (TPSA) is 24.9 Å². The van der Waals surface area contributed by atoms with Crippen LogP contribution < -0.4 is 5.32 Å². The van der Waals surface area contributed by atoms with E-state index in [2.05, 4.69) is 28.2 Å². The number of benzene rings is 1. The molecular weight excluding hydrogens is 307 g/mol. The summed E-state index contributed by atoms with van der Waals surface area (Å²) in [5.41, 5.74) is 3.99. The third-order valence-corrected chi connectivity index (χ3v) is 5.27. The van der Waals surface area contributed by atoms with E-state index in [9.17, 15) is 4.39 Å². The van der Waals surface area contributed by atoms with Crippen LogP contribution in [-0.2, 0) is 6.54 Å². The molecule has 118 valence electrons. The second-order valence-electron chi connectivity index (χ2n) is 6.21. The van der Waals surface area contributed by atoms with Gasteiger partial charge < -0.3 is 5.32 Å². The third kappa shape index (κ3) is 3.14. The van der Waals surface area contributed by atoms with Crippen molar-refractivity contribution in [2.24, 2.45) is 0 Å². The third-order valence-electron chi connectivity index (χ3n) is 4.59. The molecule has 4 heteroatoms. The van der Waals surface area contributed by atoms with Gasteiger partial charge in [0.05, 0.1) is 11.2 Å². The summed E-state index contributed by atoms with van der Waals surface area (Å²) in [5, 5.41) is 8.82. The molecule has 2 nitrogen and oxygen atoms in total. The van der Waals surface area contributed by atoms with Crippen molar-refractivity contribution in [3.63, 3.8) is 0 Å². The predicted octanol–water partition coefficient (Wildman–Crippen LogP) is 5.13. The van der Waals surface area contributed by atoms with Crippen molar-refractivity contribution in [1.82, 2.24) is 10.3 Å². The van der Waals surface area contributed by atoms with Gasteiger partial charge in [-0.3, -0.25) is 0 Å².